The van der Waals surface area contributed by atoms with Crippen LogP contribution in [0.3, 0.4) is 0 Å². The van der Waals surface area contributed by atoms with Crippen molar-refractivity contribution in [3.05, 3.63) is 60.9 Å². The Morgan fingerprint density at radius 3 is 2.34 bits per heavy atom. The molecule has 5 N–H and O–H groups in total. The molecule has 8 nitrogen and oxygen atoms in total. The van der Waals surface area contributed by atoms with E-state index >= 15 is 0 Å². The molecule has 164 valence electrons. The van der Waals surface area contributed by atoms with Gasteiger partial charge in [-0.15, -0.1) is 0 Å². The predicted octanol–water partition coefficient (Wildman–Crippen LogP) is 2.34. The van der Waals surface area contributed by atoms with E-state index in [2.05, 4.69) is 33.1 Å². The summed E-state index contributed by atoms with van der Waals surface area (Å²) in [4.78, 5) is 9.41. The highest BCUT2D eigenvalue weighted by Gasteiger charge is 2.21. The van der Waals surface area contributed by atoms with E-state index in [4.69, 9.17) is 16.5 Å². The molecule has 1 aliphatic heterocycles. The zero-order chi connectivity index (χ0) is 22.1. The van der Waals surface area contributed by atoms with Crippen LogP contribution in [0.1, 0.15) is 0 Å². The molecule has 0 unspecified atom stereocenters. The van der Waals surface area contributed by atoms with E-state index in [9.17, 15) is 5.11 Å². The van der Waals surface area contributed by atoms with Gasteiger partial charge in [-0.25, -0.2) is 4.98 Å². The molecule has 0 spiro atoms. The number of fused-ring (bicyclic) bond motifs is 1. The molecule has 0 amide bonds. The zero-order valence-corrected chi connectivity index (χ0v) is 17.9. The highest BCUT2D eigenvalue weighted by molar-refractivity contribution is 5.88. The Morgan fingerprint density at radius 2 is 1.59 bits per heavy atom. The third-order valence-electron chi connectivity index (χ3n) is 6.11. The number of β-amino-alcohol motifs (C(OH)–C–C–N with tert-alkyl or cyclic N) is 1. The number of rotatable bonds is 5. The van der Waals surface area contributed by atoms with Crippen LogP contribution in [0.15, 0.2) is 60.9 Å². The quantitative estimate of drug-likeness (QED) is 0.418. The number of anilines is 3. The van der Waals surface area contributed by atoms with Gasteiger partial charge in [0.25, 0.3) is 0 Å². The molecule has 0 radical (unpaired) electrons. The largest absolute Gasteiger partial charge is 0.399 e. The van der Waals surface area contributed by atoms with Crippen LogP contribution in [0, 0.1) is 0 Å². The number of aromatic nitrogens is 3. The SMILES string of the molecule is Nc1ccc(-c2cnc3c(-c4ccccc4N4CCN(CCO)CC4)cnn3c2N)cc1. The summed E-state index contributed by atoms with van der Waals surface area (Å²) in [7, 11) is 0. The van der Waals surface area contributed by atoms with Gasteiger partial charge in [-0.3, -0.25) is 4.90 Å². The van der Waals surface area contributed by atoms with Crippen LogP contribution in [0.25, 0.3) is 27.9 Å². The Labute approximate surface area is 186 Å². The van der Waals surface area contributed by atoms with E-state index in [0.717, 1.165) is 66.3 Å². The second kappa shape index (κ2) is 8.49. The summed E-state index contributed by atoms with van der Waals surface area (Å²) in [5.41, 5.74) is 18.7. The molecule has 4 aromatic rings. The third kappa shape index (κ3) is 3.63. The first kappa shape index (κ1) is 20.3. The number of nitrogen functional groups attached to an aromatic ring is 2. The minimum absolute atomic E-state index is 0.199. The van der Waals surface area contributed by atoms with Crippen molar-refractivity contribution in [2.45, 2.75) is 0 Å². The van der Waals surface area contributed by atoms with Gasteiger partial charge in [0.05, 0.1) is 12.8 Å². The van der Waals surface area contributed by atoms with E-state index < -0.39 is 0 Å². The molecule has 0 aliphatic carbocycles. The van der Waals surface area contributed by atoms with Crippen LogP contribution in [0.4, 0.5) is 17.2 Å². The average Bonchev–Trinajstić information content (AvgIpc) is 3.26. The Bertz CT molecular complexity index is 1230. The fraction of sp³-hybridized carbons (Fsp3) is 0.250. The van der Waals surface area contributed by atoms with Crippen LogP contribution in [0.5, 0.6) is 0 Å². The Balaban J connectivity index is 1.51. The van der Waals surface area contributed by atoms with Crippen molar-refractivity contribution in [1.29, 1.82) is 0 Å². The maximum Gasteiger partial charge on any atom is 0.165 e. The number of hydrogen-bond acceptors (Lipinski definition) is 7. The number of piperazine rings is 1. The lowest BCUT2D eigenvalue weighted by Gasteiger charge is -2.36. The summed E-state index contributed by atoms with van der Waals surface area (Å²) in [5, 5.41) is 13.8. The number of aliphatic hydroxyl groups excluding tert-OH is 1. The number of para-hydroxylation sites is 1. The van der Waals surface area contributed by atoms with Crippen LogP contribution in [-0.4, -0.2) is 63.9 Å². The zero-order valence-electron chi connectivity index (χ0n) is 17.9. The summed E-state index contributed by atoms with van der Waals surface area (Å²) >= 11 is 0. The molecule has 0 bridgehead atoms. The van der Waals surface area contributed by atoms with Crippen LogP contribution in [-0.2, 0) is 0 Å². The van der Waals surface area contributed by atoms with Crippen molar-refractivity contribution < 1.29 is 5.11 Å². The number of aliphatic hydroxyl groups is 1. The van der Waals surface area contributed by atoms with E-state index in [-0.39, 0.29) is 6.61 Å². The van der Waals surface area contributed by atoms with Gasteiger partial charge in [-0.1, -0.05) is 30.3 Å². The van der Waals surface area contributed by atoms with E-state index in [0.29, 0.717) is 11.5 Å². The van der Waals surface area contributed by atoms with Crippen molar-refractivity contribution in [2.24, 2.45) is 0 Å². The Morgan fingerprint density at radius 1 is 0.844 bits per heavy atom. The lowest BCUT2D eigenvalue weighted by molar-refractivity contribution is 0.189. The van der Waals surface area contributed by atoms with Gasteiger partial charge in [0.15, 0.2) is 5.65 Å². The molecule has 5 rings (SSSR count). The van der Waals surface area contributed by atoms with Gasteiger partial charge in [-0.2, -0.15) is 9.61 Å². The summed E-state index contributed by atoms with van der Waals surface area (Å²) in [6.45, 7) is 4.60. The maximum atomic E-state index is 9.21. The van der Waals surface area contributed by atoms with E-state index in [1.165, 1.54) is 0 Å². The minimum atomic E-state index is 0.199. The molecule has 3 heterocycles. The molecule has 2 aromatic heterocycles. The highest BCUT2D eigenvalue weighted by atomic mass is 16.3. The summed E-state index contributed by atoms with van der Waals surface area (Å²) in [6.07, 6.45) is 3.64. The average molecular weight is 430 g/mol. The summed E-state index contributed by atoms with van der Waals surface area (Å²) < 4.78 is 1.71. The van der Waals surface area contributed by atoms with Crippen molar-refractivity contribution in [3.8, 4) is 22.3 Å². The minimum Gasteiger partial charge on any atom is -0.399 e. The van der Waals surface area contributed by atoms with Gasteiger partial charge in [0.1, 0.15) is 5.82 Å². The second-order valence-electron chi connectivity index (χ2n) is 8.04. The Hall–Kier alpha value is -3.62. The molecule has 32 heavy (non-hydrogen) atoms. The number of hydrogen-bond donors (Lipinski definition) is 3. The lowest BCUT2D eigenvalue weighted by Crippen LogP contribution is -2.47. The Kier molecular flexibility index (Phi) is 5.38. The molecular weight excluding hydrogens is 402 g/mol. The summed E-state index contributed by atoms with van der Waals surface area (Å²) in [6, 6.07) is 15.9. The number of nitrogens with two attached hydrogens (primary N) is 2. The molecule has 0 saturated carbocycles. The first-order valence-electron chi connectivity index (χ1n) is 10.8. The highest BCUT2D eigenvalue weighted by Crippen LogP contribution is 2.35. The van der Waals surface area contributed by atoms with Gasteiger partial charge in [0, 0.05) is 67.0 Å². The molecule has 1 fully saturated rings. The monoisotopic (exact) mass is 429 g/mol. The second-order valence-corrected chi connectivity index (χ2v) is 8.04. The van der Waals surface area contributed by atoms with Gasteiger partial charge in [-0.05, 0) is 23.8 Å². The molecule has 8 heteroatoms. The first-order valence-corrected chi connectivity index (χ1v) is 10.8. The molecular formula is C24H27N7O. The van der Waals surface area contributed by atoms with Crippen LogP contribution in [0.2, 0.25) is 0 Å². The number of nitrogens with zero attached hydrogens (tertiary/aromatic N) is 5. The molecule has 1 saturated heterocycles. The fourth-order valence-corrected chi connectivity index (χ4v) is 4.35. The van der Waals surface area contributed by atoms with Crippen molar-refractivity contribution >= 4 is 22.8 Å². The van der Waals surface area contributed by atoms with Crippen LogP contribution >= 0.6 is 0 Å². The smallest absolute Gasteiger partial charge is 0.165 e. The van der Waals surface area contributed by atoms with E-state index in [1.807, 2.05) is 36.5 Å². The van der Waals surface area contributed by atoms with Crippen molar-refractivity contribution in [3.63, 3.8) is 0 Å². The summed E-state index contributed by atoms with van der Waals surface area (Å²) in [5.74, 6) is 0.543. The topological polar surface area (TPSA) is 109 Å². The first-order chi connectivity index (χ1) is 15.7. The van der Waals surface area contributed by atoms with Crippen molar-refractivity contribution in [2.75, 3.05) is 55.7 Å². The molecule has 0 atom stereocenters. The fourth-order valence-electron chi connectivity index (χ4n) is 4.35. The van der Waals surface area contributed by atoms with Crippen LogP contribution < -0.4 is 16.4 Å². The van der Waals surface area contributed by atoms with Gasteiger partial charge in [0.2, 0.25) is 0 Å². The predicted molar refractivity (Wildman–Crippen MR) is 128 cm³/mol. The standard InChI is InChI=1S/C24H27N7O/c25-18-7-5-17(6-8-18)20-15-27-24-21(16-28-31(24)23(20)26)19-3-1-2-4-22(19)30-11-9-29(10-12-30)13-14-32/h1-8,15-16,32H,9-14,25-26H2. The van der Waals surface area contributed by atoms with Crippen molar-refractivity contribution in [1.82, 2.24) is 19.5 Å². The maximum absolute atomic E-state index is 9.21. The lowest BCUT2D eigenvalue weighted by atomic mass is 10.0. The molecule has 1 aliphatic rings. The van der Waals surface area contributed by atoms with Gasteiger partial charge < -0.3 is 21.5 Å². The van der Waals surface area contributed by atoms with E-state index in [1.54, 1.807) is 10.7 Å². The van der Waals surface area contributed by atoms with Gasteiger partial charge >= 0.3 is 0 Å². The molecule has 2 aromatic carbocycles. The number of benzene rings is 2. The normalized spacial score (nSPS) is 14.8. The third-order valence-corrected chi connectivity index (χ3v) is 6.11.